The van der Waals surface area contributed by atoms with Crippen molar-refractivity contribution in [3.8, 4) is 0 Å². The third-order valence-electron chi connectivity index (χ3n) is 3.68. The van der Waals surface area contributed by atoms with Crippen molar-refractivity contribution in [1.82, 2.24) is 0 Å². The van der Waals surface area contributed by atoms with Gasteiger partial charge >= 0.3 is 0 Å². The highest BCUT2D eigenvalue weighted by Gasteiger charge is 2.46. The second kappa shape index (κ2) is 3.23. The minimum Gasteiger partial charge on any atom is -0.325 e. The van der Waals surface area contributed by atoms with Gasteiger partial charge < -0.3 is 5.73 Å². The van der Waals surface area contributed by atoms with Gasteiger partial charge in [0, 0.05) is 11.5 Å². The maximum atomic E-state index is 6.25. The summed E-state index contributed by atoms with van der Waals surface area (Å²) < 4.78 is 0. The molecule has 2 aliphatic rings. The Labute approximate surface area is 87.1 Å². The van der Waals surface area contributed by atoms with E-state index in [0.717, 1.165) is 0 Å². The minimum absolute atomic E-state index is 0.134. The maximum Gasteiger partial charge on any atom is 0.0224 e. The summed E-state index contributed by atoms with van der Waals surface area (Å²) in [4.78, 5) is 0. The highest BCUT2D eigenvalue weighted by atomic mass is 14.8. The molecule has 2 N–H and O–H groups in total. The van der Waals surface area contributed by atoms with Gasteiger partial charge in [-0.2, -0.15) is 0 Å². The molecule has 0 spiro atoms. The predicted octanol–water partition coefficient (Wildman–Crippen LogP) is 2.88. The minimum atomic E-state index is 0.134. The van der Waals surface area contributed by atoms with E-state index in [1.165, 1.54) is 18.4 Å². The Kier molecular flexibility index (Phi) is 2.30. The lowest BCUT2D eigenvalue weighted by Gasteiger charge is -2.29. The van der Waals surface area contributed by atoms with Crippen molar-refractivity contribution in [1.29, 1.82) is 0 Å². The molecule has 0 saturated heterocycles. The molecular formula is C13H21N. The van der Waals surface area contributed by atoms with E-state index < -0.39 is 0 Å². The number of hydrogen-bond donors (Lipinski definition) is 1. The first-order valence-electron chi connectivity index (χ1n) is 5.72. The summed E-state index contributed by atoms with van der Waals surface area (Å²) in [5, 5.41) is 0. The molecular weight excluding hydrogens is 170 g/mol. The van der Waals surface area contributed by atoms with Gasteiger partial charge in [0.1, 0.15) is 0 Å². The summed E-state index contributed by atoms with van der Waals surface area (Å²) in [6.45, 7) is 6.79. The molecule has 1 nitrogen and oxygen atoms in total. The molecule has 0 aromatic rings. The molecule has 0 aromatic heterocycles. The van der Waals surface area contributed by atoms with Crippen LogP contribution in [0, 0.1) is 17.8 Å². The summed E-state index contributed by atoms with van der Waals surface area (Å²) in [7, 11) is 0. The fraction of sp³-hybridized carbons (Fsp3) is 0.692. The van der Waals surface area contributed by atoms with E-state index in [-0.39, 0.29) is 5.54 Å². The van der Waals surface area contributed by atoms with Crippen LogP contribution in [-0.2, 0) is 0 Å². The largest absolute Gasteiger partial charge is 0.325 e. The first-order chi connectivity index (χ1) is 6.53. The van der Waals surface area contributed by atoms with Crippen LogP contribution in [0.15, 0.2) is 23.8 Å². The van der Waals surface area contributed by atoms with Crippen LogP contribution in [0.25, 0.3) is 0 Å². The average Bonchev–Trinajstić information content (AvgIpc) is 2.84. The number of hydrogen-bond acceptors (Lipinski definition) is 1. The van der Waals surface area contributed by atoms with Gasteiger partial charge in [0.2, 0.25) is 0 Å². The molecule has 1 heteroatoms. The molecule has 0 amide bonds. The van der Waals surface area contributed by atoms with E-state index in [4.69, 9.17) is 5.73 Å². The van der Waals surface area contributed by atoms with E-state index in [1.54, 1.807) is 0 Å². The molecule has 1 saturated carbocycles. The van der Waals surface area contributed by atoms with Crippen molar-refractivity contribution in [3.63, 3.8) is 0 Å². The molecule has 2 aliphatic carbocycles. The van der Waals surface area contributed by atoms with Gasteiger partial charge in [0.05, 0.1) is 0 Å². The third kappa shape index (κ3) is 1.66. The van der Waals surface area contributed by atoms with Crippen LogP contribution < -0.4 is 5.73 Å². The lowest BCUT2D eigenvalue weighted by atomic mass is 9.79. The molecule has 0 aliphatic heterocycles. The number of allylic oxidation sites excluding steroid dienone is 3. The maximum absolute atomic E-state index is 6.25. The van der Waals surface area contributed by atoms with Crippen LogP contribution in [0.5, 0.6) is 0 Å². The molecule has 2 rings (SSSR count). The summed E-state index contributed by atoms with van der Waals surface area (Å²) in [5.41, 5.74) is 7.86. The first kappa shape index (κ1) is 9.97. The quantitative estimate of drug-likeness (QED) is 0.713. The zero-order chi connectivity index (χ0) is 10.3. The Balaban J connectivity index is 2.12. The Morgan fingerprint density at radius 3 is 2.50 bits per heavy atom. The summed E-state index contributed by atoms with van der Waals surface area (Å²) >= 11 is 0. The molecule has 0 aromatic carbocycles. The predicted molar refractivity (Wildman–Crippen MR) is 60.9 cm³/mol. The fourth-order valence-corrected chi connectivity index (χ4v) is 2.43. The standard InChI is InChI=1S/C13H21N/c1-9(2)11-4-5-12(10(3)8-11)13(14)6-7-13/h4-5,8-10,12H,6-7,14H2,1-3H3. The molecule has 0 bridgehead atoms. The van der Waals surface area contributed by atoms with E-state index in [1.807, 2.05) is 0 Å². The van der Waals surface area contributed by atoms with Crippen molar-refractivity contribution >= 4 is 0 Å². The van der Waals surface area contributed by atoms with Crippen LogP contribution in [-0.4, -0.2) is 5.54 Å². The van der Waals surface area contributed by atoms with Crippen molar-refractivity contribution in [2.75, 3.05) is 0 Å². The monoisotopic (exact) mass is 191 g/mol. The van der Waals surface area contributed by atoms with Gasteiger partial charge in [0.15, 0.2) is 0 Å². The van der Waals surface area contributed by atoms with Crippen molar-refractivity contribution in [3.05, 3.63) is 23.8 Å². The van der Waals surface area contributed by atoms with E-state index >= 15 is 0 Å². The lowest BCUT2D eigenvalue weighted by molar-refractivity contribution is 0.393. The molecule has 78 valence electrons. The Hall–Kier alpha value is -0.560. The summed E-state index contributed by atoms with van der Waals surface area (Å²) in [5.74, 6) is 1.83. The highest BCUT2D eigenvalue weighted by molar-refractivity contribution is 5.30. The molecule has 0 radical (unpaired) electrons. The second-order valence-electron chi connectivity index (χ2n) is 5.30. The topological polar surface area (TPSA) is 26.0 Å². The smallest absolute Gasteiger partial charge is 0.0224 e. The van der Waals surface area contributed by atoms with Crippen LogP contribution >= 0.6 is 0 Å². The zero-order valence-electron chi connectivity index (χ0n) is 9.46. The SMILES string of the molecule is CC(C)C1=CC(C)C(C2(N)CC2)C=C1. The van der Waals surface area contributed by atoms with Crippen molar-refractivity contribution in [2.24, 2.45) is 23.5 Å². The molecule has 14 heavy (non-hydrogen) atoms. The van der Waals surface area contributed by atoms with Gasteiger partial charge in [-0.25, -0.2) is 0 Å². The Morgan fingerprint density at radius 2 is 2.07 bits per heavy atom. The van der Waals surface area contributed by atoms with E-state index in [9.17, 15) is 0 Å². The van der Waals surface area contributed by atoms with Crippen molar-refractivity contribution < 1.29 is 0 Å². The van der Waals surface area contributed by atoms with Gasteiger partial charge in [-0.3, -0.25) is 0 Å². The number of rotatable bonds is 2. The van der Waals surface area contributed by atoms with Crippen LogP contribution in [0.4, 0.5) is 0 Å². The normalized spacial score (nSPS) is 34.5. The van der Waals surface area contributed by atoms with Gasteiger partial charge in [0.25, 0.3) is 0 Å². The van der Waals surface area contributed by atoms with E-state index in [2.05, 4.69) is 39.0 Å². The van der Waals surface area contributed by atoms with Gasteiger partial charge in [-0.15, -0.1) is 0 Å². The van der Waals surface area contributed by atoms with Crippen molar-refractivity contribution in [2.45, 2.75) is 39.2 Å². The molecule has 1 fully saturated rings. The lowest BCUT2D eigenvalue weighted by Crippen LogP contribution is -2.35. The molecule has 0 heterocycles. The van der Waals surface area contributed by atoms with Crippen LogP contribution in [0.2, 0.25) is 0 Å². The summed E-state index contributed by atoms with van der Waals surface area (Å²) in [6, 6.07) is 0. The average molecular weight is 191 g/mol. The molecule has 2 unspecified atom stereocenters. The third-order valence-corrected chi connectivity index (χ3v) is 3.68. The fourth-order valence-electron chi connectivity index (χ4n) is 2.43. The Bertz CT molecular complexity index is 282. The van der Waals surface area contributed by atoms with Crippen LogP contribution in [0.1, 0.15) is 33.6 Å². The molecule has 2 atom stereocenters. The summed E-state index contributed by atoms with van der Waals surface area (Å²) in [6.07, 6.45) is 9.44. The first-order valence-corrected chi connectivity index (χ1v) is 5.72. The van der Waals surface area contributed by atoms with Gasteiger partial charge in [-0.05, 0) is 30.3 Å². The van der Waals surface area contributed by atoms with E-state index in [0.29, 0.717) is 17.8 Å². The van der Waals surface area contributed by atoms with Crippen LogP contribution in [0.3, 0.4) is 0 Å². The Morgan fingerprint density at radius 1 is 1.43 bits per heavy atom. The van der Waals surface area contributed by atoms with Gasteiger partial charge in [-0.1, -0.05) is 39.0 Å². The highest BCUT2D eigenvalue weighted by Crippen LogP contribution is 2.46. The number of nitrogens with two attached hydrogens (primary N) is 1. The second-order valence-corrected chi connectivity index (χ2v) is 5.30. The zero-order valence-corrected chi connectivity index (χ0v) is 9.46.